The number of carbonyl (C=O) groups excluding carboxylic acids is 1. The van der Waals surface area contributed by atoms with Crippen molar-refractivity contribution in [1.29, 1.82) is 0 Å². The second-order valence-electron chi connectivity index (χ2n) is 3.28. The number of rotatable bonds is 3. The Morgan fingerprint density at radius 1 is 1.33 bits per heavy atom. The summed E-state index contributed by atoms with van der Waals surface area (Å²) in [4.78, 5) is 26.2. The molecule has 2 heterocycles. The van der Waals surface area contributed by atoms with Crippen LogP contribution in [0.3, 0.4) is 0 Å². The SMILES string of the molecule is O=C(Nc1ccsc1C(=O)O)c1ccc(F)cn1. The molecule has 0 atom stereocenters. The number of carbonyl (C=O) groups is 2. The van der Waals surface area contributed by atoms with E-state index in [0.717, 1.165) is 23.6 Å². The molecular formula is C11H7FN2O3S. The van der Waals surface area contributed by atoms with Crippen molar-refractivity contribution in [2.45, 2.75) is 0 Å². The maximum atomic E-state index is 12.6. The number of carboxylic acids is 1. The smallest absolute Gasteiger partial charge is 0.348 e. The van der Waals surface area contributed by atoms with Gasteiger partial charge in [-0.15, -0.1) is 11.3 Å². The highest BCUT2D eigenvalue weighted by Gasteiger charge is 2.15. The standard InChI is InChI=1S/C11H7FN2O3S/c12-6-1-2-8(13-5-6)10(15)14-7-3-4-18-9(7)11(16)17/h1-5H,(H,14,15)(H,16,17). The van der Waals surface area contributed by atoms with Crippen LogP contribution in [0.5, 0.6) is 0 Å². The molecule has 2 rings (SSSR count). The fourth-order valence-electron chi connectivity index (χ4n) is 1.27. The number of nitrogens with one attached hydrogen (secondary N) is 1. The summed E-state index contributed by atoms with van der Waals surface area (Å²) in [6, 6.07) is 3.81. The van der Waals surface area contributed by atoms with Gasteiger partial charge in [-0.1, -0.05) is 0 Å². The zero-order valence-electron chi connectivity index (χ0n) is 8.88. The van der Waals surface area contributed by atoms with Crippen LogP contribution in [0.1, 0.15) is 20.2 Å². The Labute approximate surface area is 105 Å². The van der Waals surface area contributed by atoms with E-state index in [1.807, 2.05) is 0 Å². The fraction of sp³-hybridized carbons (Fsp3) is 0. The number of thiophene rings is 1. The maximum absolute atomic E-state index is 12.6. The van der Waals surface area contributed by atoms with E-state index in [4.69, 9.17) is 5.11 Å². The highest BCUT2D eigenvalue weighted by Crippen LogP contribution is 2.22. The van der Waals surface area contributed by atoms with Crippen molar-refractivity contribution in [1.82, 2.24) is 4.98 Å². The molecule has 2 N–H and O–H groups in total. The van der Waals surface area contributed by atoms with Gasteiger partial charge in [-0.05, 0) is 23.6 Å². The first kappa shape index (κ1) is 12.2. The van der Waals surface area contributed by atoms with Crippen LogP contribution in [0, 0.1) is 5.82 Å². The third-order valence-corrected chi connectivity index (χ3v) is 2.97. The van der Waals surface area contributed by atoms with E-state index in [1.165, 1.54) is 12.1 Å². The van der Waals surface area contributed by atoms with Crippen LogP contribution in [0.15, 0.2) is 29.8 Å². The molecule has 0 aliphatic rings. The molecule has 2 aromatic rings. The second-order valence-corrected chi connectivity index (χ2v) is 4.20. The van der Waals surface area contributed by atoms with E-state index in [1.54, 1.807) is 5.38 Å². The van der Waals surface area contributed by atoms with E-state index in [2.05, 4.69) is 10.3 Å². The Morgan fingerprint density at radius 2 is 2.11 bits per heavy atom. The number of halogens is 1. The summed E-state index contributed by atoms with van der Waals surface area (Å²) >= 11 is 1.00. The molecule has 1 amide bonds. The molecular weight excluding hydrogens is 259 g/mol. The van der Waals surface area contributed by atoms with Crippen LogP contribution in [0.25, 0.3) is 0 Å². The van der Waals surface area contributed by atoms with E-state index in [-0.39, 0.29) is 16.3 Å². The predicted octanol–water partition coefficient (Wildman–Crippen LogP) is 2.23. The number of aromatic carboxylic acids is 1. The quantitative estimate of drug-likeness (QED) is 0.892. The van der Waals surface area contributed by atoms with Crippen molar-refractivity contribution in [2.75, 3.05) is 5.32 Å². The highest BCUT2D eigenvalue weighted by molar-refractivity contribution is 7.12. The molecule has 92 valence electrons. The molecule has 2 aromatic heterocycles. The third kappa shape index (κ3) is 2.51. The van der Waals surface area contributed by atoms with Crippen molar-refractivity contribution in [2.24, 2.45) is 0 Å². The number of aromatic nitrogens is 1. The average molecular weight is 266 g/mol. The van der Waals surface area contributed by atoms with Gasteiger partial charge in [0.2, 0.25) is 0 Å². The largest absolute Gasteiger partial charge is 0.477 e. The molecule has 0 bridgehead atoms. The summed E-state index contributed by atoms with van der Waals surface area (Å²) in [7, 11) is 0. The predicted molar refractivity (Wildman–Crippen MR) is 63.4 cm³/mol. The lowest BCUT2D eigenvalue weighted by Gasteiger charge is -2.03. The Morgan fingerprint density at radius 3 is 2.72 bits per heavy atom. The number of anilines is 1. The topological polar surface area (TPSA) is 79.3 Å². The first-order valence-electron chi connectivity index (χ1n) is 4.81. The van der Waals surface area contributed by atoms with Gasteiger partial charge in [-0.2, -0.15) is 0 Å². The molecule has 0 saturated carbocycles. The summed E-state index contributed by atoms with van der Waals surface area (Å²) in [5, 5.41) is 12.8. The summed E-state index contributed by atoms with van der Waals surface area (Å²) in [6.07, 6.45) is 0.917. The maximum Gasteiger partial charge on any atom is 0.348 e. The van der Waals surface area contributed by atoms with Crippen molar-refractivity contribution in [3.05, 3.63) is 46.2 Å². The zero-order valence-corrected chi connectivity index (χ0v) is 9.70. The van der Waals surface area contributed by atoms with Gasteiger partial charge in [0.1, 0.15) is 16.4 Å². The third-order valence-electron chi connectivity index (χ3n) is 2.07. The minimum Gasteiger partial charge on any atom is -0.477 e. The van der Waals surface area contributed by atoms with Crippen molar-refractivity contribution in [3.63, 3.8) is 0 Å². The van der Waals surface area contributed by atoms with Crippen molar-refractivity contribution >= 4 is 28.9 Å². The lowest BCUT2D eigenvalue weighted by Crippen LogP contribution is -2.14. The molecule has 5 nitrogen and oxygen atoms in total. The number of pyridine rings is 1. The van der Waals surface area contributed by atoms with Crippen molar-refractivity contribution in [3.8, 4) is 0 Å². The molecule has 0 aliphatic carbocycles. The molecule has 0 radical (unpaired) electrons. The van der Waals surface area contributed by atoms with Gasteiger partial charge in [0.05, 0.1) is 11.9 Å². The van der Waals surface area contributed by atoms with E-state index in [0.29, 0.717) is 0 Å². The Bertz CT molecular complexity index is 595. The minimum absolute atomic E-state index is 0.0129. The number of nitrogens with zero attached hydrogens (tertiary/aromatic N) is 1. The van der Waals surface area contributed by atoms with Crippen LogP contribution in [0.4, 0.5) is 10.1 Å². The molecule has 0 aromatic carbocycles. The number of hydrogen-bond acceptors (Lipinski definition) is 4. The molecule has 18 heavy (non-hydrogen) atoms. The van der Waals surface area contributed by atoms with Gasteiger partial charge in [-0.3, -0.25) is 4.79 Å². The van der Waals surface area contributed by atoms with Crippen LogP contribution in [-0.2, 0) is 0 Å². The molecule has 0 aliphatic heterocycles. The molecule has 0 unspecified atom stereocenters. The molecule has 7 heteroatoms. The Balaban J connectivity index is 2.19. The highest BCUT2D eigenvalue weighted by atomic mass is 32.1. The number of carboxylic acid groups (broad SMARTS) is 1. The van der Waals surface area contributed by atoms with Crippen LogP contribution >= 0.6 is 11.3 Å². The van der Waals surface area contributed by atoms with E-state index < -0.39 is 17.7 Å². The summed E-state index contributed by atoms with van der Waals surface area (Å²) in [5.41, 5.74) is 0.211. The second kappa shape index (κ2) is 4.92. The van der Waals surface area contributed by atoms with Gasteiger partial charge < -0.3 is 10.4 Å². The minimum atomic E-state index is -1.12. The normalized spacial score (nSPS) is 10.1. The molecule has 0 fully saturated rings. The molecule has 0 spiro atoms. The average Bonchev–Trinajstić information content (AvgIpc) is 2.78. The van der Waals surface area contributed by atoms with Crippen LogP contribution in [-0.4, -0.2) is 22.0 Å². The first-order chi connectivity index (χ1) is 8.58. The first-order valence-corrected chi connectivity index (χ1v) is 5.69. The van der Waals surface area contributed by atoms with Gasteiger partial charge in [0.15, 0.2) is 0 Å². The lowest BCUT2D eigenvalue weighted by atomic mass is 10.3. The Hall–Kier alpha value is -2.28. The van der Waals surface area contributed by atoms with Gasteiger partial charge in [0, 0.05) is 0 Å². The van der Waals surface area contributed by atoms with Gasteiger partial charge in [0.25, 0.3) is 5.91 Å². The fourth-order valence-corrected chi connectivity index (χ4v) is 1.96. The van der Waals surface area contributed by atoms with E-state index in [9.17, 15) is 14.0 Å². The zero-order chi connectivity index (χ0) is 13.1. The summed E-state index contributed by atoms with van der Waals surface area (Å²) in [6.45, 7) is 0. The van der Waals surface area contributed by atoms with Crippen LogP contribution in [0.2, 0.25) is 0 Å². The van der Waals surface area contributed by atoms with Crippen molar-refractivity contribution < 1.29 is 19.1 Å². The van der Waals surface area contributed by atoms with Gasteiger partial charge in [-0.25, -0.2) is 14.2 Å². The number of amides is 1. The monoisotopic (exact) mass is 266 g/mol. The molecule has 0 saturated heterocycles. The Kier molecular flexibility index (Phi) is 3.33. The van der Waals surface area contributed by atoms with Gasteiger partial charge >= 0.3 is 5.97 Å². The number of hydrogen-bond donors (Lipinski definition) is 2. The lowest BCUT2D eigenvalue weighted by molar-refractivity contribution is 0.0703. The summed E-state index contributed by atoms with van der Waals surface area (Å²) < 4.78 is 12.6. The summed E-state index contributed by atoms with van der Waals surface area (Å²) in [5.74, 6) is -2.25. The van der Waals surface area contributed by atoms with E-state index >= 15 is 0 Å². The van der Waals surface area contributed by atoms with Crippen LogP contribution < -0.4 is 5.32 Å².